The zero-order chi connectivity index (χ0) is 14.7. The second-order valence-electron chi connectivity index (χ2n) is 4.93. The molecule has 5 heteroatoms. The minimum atomic E-state index is -0.150. The van der Waals surface area contributed by atoms with E-state index in [4.69, 9.17) is 16.3 Å². The molecule has 0 fully saturated rings. The van der Waals surface area contributed by atoms with E-state index in [0.29, 0.717) is 0 Å². The molecular weight excluding hydrogens is 294 g/mol. The predicted octanol–water partition coefficient (Wildman–Crippen LogP) is 3.15. The summed E-state index contributed by atoms with van der Waals surface area (Å²) in [7, 11) is 5.40. The molecule has 0 radical (unpaired) electrons. The van der Waals surface area contributed by atoms with Gasteiger partial charge in [-0.1, -0.05) is 29.8 Å². The van der Waals surface area contributed by atoms with Crippen LogP contribution in [-0.2, 0) is 9.53 Å². The van der Waals surface area contributed by atoms with Crippen molar-refractivity contribution < 1.29 is 9.53 Å². The van der Waals surface area contributed by atoms with Crippen molar-refractivity contribution in [3.05, 3.63) is 40.9 Å². The topological polar surface area (TPSA) is 29.5 Å². The maximum absolute atomic E-state index is 11.9. The smallest absolute Gasteiger partial charge is 0.311 e. The number of hydrogen-bond donors (Lipinski definition) is 0. The molecule has 0 amide bonds. The van der Waals surface area contributed by atoms with Gasteiger partial charge in [0.15, 0.2) is 0 Å². The summed E-state index contributed by atoms with van der Waals surface area (Å²) in [6, 6.07) is 7.83. The maximum atomic E-state index is 11.9. The lowest BCUT2D eigenvalue weighted by Gasteiger charge is -2.32. The van der Waals surface area contributed by atoms with Crippen LogP contribution in [-0.4, -0.2) is 43.9 Å². The number of esters is 1. The van der Waals surface area contributed by atoms with Crippen LogP contribution in [0.15, 0.2) is 30.3 Å². The second-order valence-corrected chi connectivity index (χ2v) is 6.43. The van der Waals surface area contributed by atoms with Gasteiger partial charge < -0.3 is 9.64 Å². The molecule has 1 heterocycles. The van der Waals surface area contributed by atoms with Crippen LogP contribution in [0.4, 0.5) is 0 Å². The van der Waals surface area contributed by atoms with E-state index < -0.39 is 0 Å². The molecular formula is C15H18ClNO2S. The van der Waals surface area contributed by atoms with Crippen LogP contribution >= 0.6 is 23.4 Å². The summed E-state index contributed by atoms with van der Waals surface area (Å²) >= 11 is 7.60. The van der Waals surface area contributed by atoms with Crippen LogP contribution in [0.25, 0.3) is 4.91 Å². The fraction of sp³-hybridized carbons (Fsp3) is 0.400. The van der Waals surface area contributed by atoms with Crippen LogP contribution < -0.4 is 0 Å². The van der Waals surface area contributed by atoms with E-state index in [0.717, 1.165) is 16.3 Å². The van der Waals surface area contributed by atoms with Crippen LogP contribution in [0.2, 0.25) is 5.02 Å². The lowest BCUT2D eigenvalue weighted by molar-refractivity contribution is -0.146. The van der Waals surface area contributed by atoms with Crippen LogP contribution in [0, 0.1) is 5.92 Å². The highest BCUT2D eigenvalue weighted by Gasteiger charge is 2.33. The highest BCUT2D eigenvalue weighted by molar-refractivity contribution is 8.08. The summed E-state index contributed by atoms with van der Waals surface area (Å²) in [5.74, 6) is 0.447. The molecule has 0 spiro atoms. The van der Waals surface area contributed by atoms with Gasteiger partial charge in [0.1, 0.15) is 0 Å². The van der Waals surface area contributed by atoms with Crippen molar-refractivity contribution >= 4 is 34.2 Å². The van der Waals surface area contributed by atoms with Crippen molar-refractivity contribution in [1.29, 1.82) is 0 Å². The standard InChI is InChI=1S/C15H18ClNO2S/c1-17(2)13-8-14(10-4-6-11(16)7-5-10)20-9-12(13)15(18)19-3/h4-8,12-13H,9H2,1-3H3/t12-,13-/m1/s1. The van der Waals surface area contributed by atoms with Crippen LogP contribution in [0.5, 0.6) is 0 Å². The fourth-order valence-electron chi connectivity index (χ4n) is 2.26. The summed E-state index contributed by atoms with van der Waals surface area (Å²) in [6.45, 7) is 0. The van der Waals surface area contributed by atoms with Crippen molar-refractivity contribution in [3.8, 4) is 0 Å². The molecule has 0 saturated heterocycles. The van der Waals surface area contributed by atoms with Gasteiger partial charge in [-0.3, -0.25) is 4.79 Å². The van der Waals surface area contributed by atoms with Crippen molar-refractivity contribution in [3.63, 3.8) is 0 Å². The van der Waals surface area contributed by atoms with Crippen LogP contribution in [0.3, 0.4) is 0 Å². The molecule has 20 heavy (non-hydrogen) atoms. The van der Waals surface area contributed by atoms with Crippen molar-refractivity contribution in [1.82, 2.24) is 4.90 Å². The molecule has 0 unspecified atom stereocenters. The molecule has 0 aromatic heterocycles. The van der Waals surface area contributed by atoms with Crippen LogP contribution in [0.1, 0.15) is 5.56 Å². The monoisotopic (exact) mass is 311 g/mol. The number of benzene rings is 1. The summed E-state index contributed by atoms with van der Waals surface area (Å²) < 4.78 is 4.90. The Morgan fingerprint density at radius 1 is 1.35 bits per heavy atom. The molecule has 1 aromatic carbocycles. The number of halogens is 1. The van der Waals surface area contributed by atoms with Gasteiger partial charge in [0.2, 0.25) is 0 Å². The Morgan fingerprint density at radius 3 is 2.55 bits per heavy atom. The zero-order valence-corrected chi connectivity index (χ0v) is 13.4. The third-order valence-electron chi connectivity index (χ3n) is 3.38. The lowest BCUT2D eigenvalue weighted by Crippen LogP contribution is -2.41. The molecule has 0 saturated carbocycles. The minimum absolute atomic E-state index is 0.0504. The molecule has 1 aliphatic heterocycles. The number of carbonyl (C=O) groups excluding carboxylic acids is 1. The Labute approximate surface area is 128 Å². The van der Waals surface area contributed by atoms with E-state index >= 15 is 0 Å². The number of carbonyl (C=O) groups is 1. The van der Waals surface area contributed by atoms with E-state index in [1.54, 1.807) is 11.8 Å². The Morgan fingerprint density at radius 2 is 2.00 bits per heavy atom. The Hall–Kier alpha value is -0.970. The lowest BCUT2D eigenvalue weighted by atomic mass is 9.98. The molecule has 2 atom stereocenters. The molecule has 3 nitrogen and oxygen atoms in total. The molecule has 1 aliphatic rings. The SMILES string of the molecule is COC(=O)[C@@H]1CSC(c2ccc(Cl)cc2)=C[C@H]1N(C)C. The second kappa shape index (κ2) is 6.66. The van der Waals surface area contributed by atoms with Gasteiger partial charge in [-0.25, -0.2) is 0 Å². The first-order valence-corrected chi connectivity index (χ1v) is 7.74. The van der Waals surface area contributed by atoms with Gasteiger partial charge in [-0.15, -0.1) is 11.8 Å². The van der Waals surface area contributed by atoms with E-state index in [2.05, 4.69) is 11.0 Å². The summed E-state index contributed by atoms with van der Waals surface area (Å²) in [5.41, 5.74) is 1.13. The average Bonchev–Trinajstić information content (AvgIpc) is 2.46. The largest absolute Gasteiger partial charge is 0.469 e. The molecule has 0 bridgehead atoms. The summed E-state index contributed by atoms with van der Waals surface area (Å²) in [4.78, 5) is 15.1. The van der Waals surface area contributed by atoms with Crippen molar-refractivity contribution in [2.24, 2.45) is 5.92 Å². The number of rotatable bonds is 3. The minimum Gasteiger partial charge on any atom is -0.469 e. The van der Waals surface area contributed by atoms with E-state index in [9.17, 15) is 4.79 Å². The highest BCUT2D eigenvalue weighted by atomic mass is 35.5. The third-order valence-corrected chi connectivity index (χ3v) is 4.84. The number of hydrogen-bond acceptors (Lipinski definition) is 4. The zero-order valence-electron chi connectivity index (χ0n) is 11.8. The number of methoxy groups -OCH3 is 1. The first-order chi connectivity index (χ1) is 9.52. The number of nitrogens with zero attached hydrogens (tertiary/aromatic N) is 1. The van der Waals surface area contributed by atoms with Gasteiger partial charge in [-0.2, -0.15) is 0 Å². The van der Waals surface area contributed by atoms with Gasteiger partial charge in [0.05, 0.1) is 13.0 Å². The summed E-state index contributed by atoms with van der Waals surface area (Å²) in [5, 5.41) is 0.728. The number of likely N-dealkylation sites (N-methyl/N-ethyl adjacent to an activating group) is 1. The van der Waals surface area contributed by atoms with Gasteiger partial charge >= 0.3 is 5.97 Å². The average molecular weight is 312 g/mol. The Kier molecular flexibility index (Phi) is 5.13. The van der Waals surface area contributed by atoms with Gasteiger partial charge in [0.25, 0.3) is 0 Å². The predicted molar refractivity (Wildman–Crippen MR) is 84.9 cm³/mol. The third kappa shape index (κ3) is 3.37. The van der Waals surface area contributed by atoms with Crippen molar-refractivity contribution in [2.45, 2.75) is 6.04 Å². The maximum Gasteiger partial charge on any atom is 0.311 e. The Bertz CT molecular complexity index is 513. The molecule has 2 rings (SSSR count). The number of thioether (sulfide) groups is 1. The fourth-order valence-corrected chi connectivity index (χ4v) is 3.62. The van der Waals surface area contributed by atoms with Gasteiger partial charge in [-0.05, 0) is 31.8 Å². The molecule has 0 aliphatic carbocycles. The van der Waals surface area contributed by atoms with Gasteiger partial charge in [0, 0.05) is 21.7 Å². The molecule has 0 N–H and O–H groups in total. The quantitative estimate of drug-likeness (QED) is 0.802. The molecule has 1 aromatic rings. The highest BCUT2D eigenvalue weighted by Crippen LogP contribution is 2.37. The number of ether oxygens (including phenoxy) is 1. The van der Waals surface area contributed by atoms with E-state index in [1.165, 1.54) is 12.0 Å². The first kappa shape index (κ1) is 15.4. The Balaban J connectivity index is 2.28. The van der Waals surface area contributed by atoms with E-state index in [1.807, 2.05) is 38.4 Å². The molecule has 108 valence electrons. The van der Waals surface area contributed by atoms with Crippen molar-refractivity contribution in [2.75, 3.05) is 27.0 Å². The summed E-state index contributed by atoms with van der Waals surface area (Å²) in [6.07, 6.45) is 2.14. The first-order valence-electron chi connectivity index (χ1n) is 6.37. The van der Waals surface area contributed by atoms with E-state index in [-0.39, 0.29) is 17.9 Å². The normalized spacial score (nSPS) is 22.6.